The van der Waals surface area contributed by atoms with Crippen molar-refractivity contribution in [2.75, 3.05) is 19.6 Å². The predicted octanol–water partition coefficient (Wildman–Crippen LogP) is -0.105. The maximum absolute atomic E-state index is 9.91. The average Bonchev–Trinajstić information content (AvgIpc) is 1.60. The van der Waals surface area contributed by atoms with Gasteiger partial charge in [0.25, 0.3) is 0 Å². The highest BCUT2D eigenvalue weighted by molar-refractivity contribution is 5.85. The van der Waals surface area contributed by atoms with E-state index < -0.39 is 6.09 Å². The highest BCUT2D eigenvalue weighted by atomic mass is 35.5. The van der Waals surface area contributed by atoms with Gasteiger partial charge < -0.3 is 15.7 Å². The van der Waals surface area contributed by atoms with Crippen molar-refractivity contribution < 1.29 is 9.90 Å². The molecule has 1 rings (SSSR count). The van der Waals surface area contributed by atoms with Gasteiger partial charge in [-0.2, -0.15) is 0 Å². The molecule has 0 saturated carbocycles. The molecule has 0 aliphatic carbocycles. The maximum atomic E-state index is 9.91. The van der Waals surface area contributed by atoms with Crippen LogP contribution in [0.1, 0.15) is 0 Å². The molecule has 60 valence electrons. The summed E-state index contributed by atoms with van der Waals surface area (Å²) in [5.41, 5.74) is 0. The van der Waals surface area contributed by atoms with Crippen molar-refractivity contribution in [2.24, 2.45) is 5.92 Å². The molecule has 5 heteroatoms. The van der Waals surface area contributed by atoms with Crippen LogP contribution in [0.4, 0.5) is 4.79 Å². The van der Waals surface area contributed by atoms with Crippen molar-refractivity contribution >= 4 is 18.5 Å². The molecular weight excluding hydrogens is 156 g/mol. The van der Waals surface area contributed by atoms with Crippen molar-refractivity contribution in [1.82, 2.24) is 10.6 Å². The fourth-order valence-electron chi connectivity index (χ4n) is 0.724. The number of hydrogen-bond acceptors (Lipinski definition) is 2. The van der Waals surface area contributed by atoms with Gasteiger partial charge in [0, 0.05) is 25.6 Å². The van der Waals surface area contributed by atoms with Gasteiger partial charge in [-0.1, -0.05) is 0 Å². The van der Waals surface area contributed by atoms with Crippen LogP contribution in [0.25, 0.3) is 0 Å². The van der Waals surface area contributed by atoms with E-state index in [2.05, 4.69) is 10.6 Å². The van der Waals surface area contributed by atoms with E-state index in [0.29, 0.717) is 12.5 Å². The molecule has 0 aromatic carbocycles. The van der Waals surface area contributed by atoms with Crippen LogP contribution < -0.4 is 10.6 Å². The molecule has 0 radical (unpaired) electrons. The van der Waals surface area contributed by atoms with Crippen LogP contribution in [0.3, 0.4) is 0 Å². The molecule has 1 aliphatic heterocycles. The van der Waals surface area contributed by atoms with Crippen molar-refractivity contribution in [2.45, 2.75) is 0 Å². The summed E-state index contributed by atoms with van der Waals surface area (Å²) in [4.78, 5) is 9.91. The van der Waals surface area contributed by atoms with E-state index in [1.54, 1.807) is 0 Å². The first kappa shape index (κ1) is 9.52. The van der Waals surface area contributed by atoms with Crippen molar-refractivity contribution in [3.8, 4) is 0 Å². The average molecular weight is 167 g/mol. The quantitative estimate of drug-likeness (QED) is 0.537. The normalized spacial score (nSPS) is 16.8. The lowest BCUT2D eigenvalue weighted by atomic mass is 10.0. The Morgan fingerprint density at radius 3 is 2.60 bits per heavy atom. The van der Waals surface area contributed by atoms with E-state index in [9.17, 15) is 4.79 Å². The number of halogens is 1. The first-order valence-corrected chi connectivity index (χ1v) is 2.96. The van der Waals surface area contributed by atoms with Gasteiger partial charge in [-0.15, -0.1) is 12.4 Å². The molecule has 1 heterocycles. The molecule has 0 unspecified atom stereocenters. The summed E-state index contributed by atoms with van der Waals surface area (Å²) in [5.74, 6) is 0.515. The number of rotatable bonds is 2. The second kappa shape index (κ2) is 4.35. The van der Waals surface area contributed by atoms with Gasteiger partial charge in [0.2, 0.25) is 0 Å². The fourth-order valence-corrected chi connectivity index (χ4v) is 0.724. The zero-order valence-electron chi connectivity index (χ0n) is 5.46. The van der Waals surface area contributed by atoms with Crippen LogP contribution in [-0.2, 0) is 0 Å². The summed E-state index contributed by atoms with van der Waals surface area (Å²) in [5, 5.41) is 13.5. The number of amides is 1. The molecule has 0 aromatic rings. The van der Waals surface area contributed by atoms with Crippen molar-refractivity contribution in [3.63, 3.8) is 0 Å². The Bertz CT molecular complexity index is 116. The third-order valence-electron chi connectivity index (χ3n) is 1.41. The molecule has 0 aromatic heterocycles. The molecule has 4 nitrogen and oxygen atoms in total. The Labute approximate surface area is 65.4 Å². The Balaban J connectivity index is 0.000000810. The molecule has 3 N–H and O–H groups in total. The van der Waals surface area contributed by atoms with E-state index in [4.69, 9.17) is 5.11 Å². The Kier molecular flexibility index (Phi) is 4.14. The van der Waals surface area contributed by atoms with E-state index in [0.717, 1.165) is 13.1 Å². The minimum atomic E-state index is -0.929. The van der Waals surface area contributed by atoms with E-state index in [1.165, 1.54) is 0 Å². The van der Waals surface area contributed by atoms with Crippen LogP contribution in [0, 0.1) is 5.92 Å². The zero-order valence-corrected chi connectivity index (χ0v) is 6.28. The van der Waals surface area contributed by atoms with Crippen LogP contribution in [0.5, 0.6) is 0 Å². The van der Waals surface area contributed by atoms with Gasteiger partial charge in [0.05, 0.1) is 0 Å². The Morgan fingerprint density at radius 1 is 1.70 bits per heavy atom. The first-order chi connectivity index (χ1) is 4.29. The van der Waals surface area contributed by atoms with Gasteiger partial charge in [0.15, 0.2) is 0 Å². The minimum Gasteiger partial charge on any atom is -0.465 e. The topological polar surface area (TPSA) is 61.4 Å². The van der Waals surface area contributed by atoms with Gasteiger partial charge in [-0.05, 0) is 0 Å². The van der Waals surface area contributed by atoms with Crippen LogP contribution in [0.15, 0.2) is 0 Å². The van der Waals surface area contributed by atoms with Crippen molar-refractivity contribution in [1.29, 1.82) is 0 Å². The lowest BCUT2D eigenvalue weighted by Crippen LogP contribution is -2.47. The van der Waals surface area contributed by atoms with Gasteiger partial charge in [-0.25, -0.2) is 4.79 Å². The lowest BCUT2D eigenvalue weighted by Gasteiger charge is -2.26. The third-order valence-corrected chi connectivity index (χ3v) is 1.41. The smallest absolute Gasteiger partial charge is 0.404 e. The summed E-state index contributed by atoms with van der Waals surface area (Å²) in [6, 6.07) is 0. The van der Waals surface area contributed by atoms with E-state index >= 15 is 0 Å². The number of nitrogens with one attached hydrogen (secondary N) is 2. The largest absolute Gasteiger partial charge is 0.465 e. The number of carbonyl (C=O) groups is 1. The SMILES string of the molecule is Cl.O=C(O)NCC1CNC1. The second-order valence-electron chi connectivity index (χ2n) is 2.21. The minimum absolute atomic E-state index is 0. The molecular formula is C5H11ClN2O2. The molecule has 0 atom stereocenters. The molecule has 1 aliphatic rings. The number of carboxylic acid groups (broad SMARTS) is 1. The molecule has 1 fully saturated rings. The monoisotopic (exact) mass is 166 g/mol. The summed E-state index contributed by atoms with van der Waals surface area (Å²) in [7, 11) is 0. The highest BCUT2D eigenvalue weighted by Crippen LogP contribution is 1.98. The molecule has 1 amide bonds. The summed E-state index contributed by atoms with van der Waals surface area (Å²) >= 11 is 0. The second-order valence-corrected chi connectivity index (χ2v) is 2.21. The lowest BCUT2D eigenvalue weighted by molar-refractivity contribution is 0.189. The summed E-state index contributed by atoms with van der Waals surface area (Å²) in [6.45, 7) is 2.48. The van der Waals surface area contributed by atoms with E-state index in [-0.39, 0.29) is 12.4 Å². The molecule has 0 bridgehead atoms. The molecule has 1 saturated heterocycles. The third kappa shape index (κ3) is 2.89. The maximum Gasteiger partial charge on any atom is 0.404 e. The van der Waals surface area contributed by atoms with Gasteiger partial charge in [0.1, 0.15) is 0 Å². The fraction of sp³-hybridized carbons (Fsp3) is 0.800. The van der Waals surface area contributed by atoms with Crippen molar-refractivity contribution in [3.05, 3.63) is 0 Å². The first-order valence-electron chi connectivity index (χ1n) is 2.96. The van der Waals surface area contributed by atoms with Gasteiger partial charge >= 0.3 is 6.09 Å². The Hall–Kier alpha value is -0.480. The predicted molar refractivity (Wildman–Crippen MR) is 39.6 cm³/mol. The zero-order chi connectivity index (χ0) is 6.69. The van der Waals surface area contributed by atoms with Crippen LogP contribution in [0.2, 0.25) is 0 Å². The highest BCUT2D eigenvalue weighted by Gasteiger charge is 2.16. The van der Waals surface area contributed by atoms with Crippen LogP contribution >= 0.6 is 12.4 Å². The standard InChI is InChI=1S/C5H10N2O2.ClH/c8-5(9)7-3-4-1-6-2-4;/h4,6-7H,1-3H2,(H,8,9);1H. The summed E-state index contributed by atoms with van der Waals surface area (Å²) < 4.78 is 0. The number of hydrogen-bond donors (Lipinski definition) is 3. The van der Waals surface area contributed by atoms with E-state index in [1.807, 2.05) is 0 Å². The van der Waals surface area contributed by atoms with Crippen LogP contribution in [-0.4, -0.2) is 30.8 Å². The summed E-state index contributed by atoms with van der Waals surface area (Å²) in [6.07, 6.45) is -0.929. The molecule has 10 heavy (non-hydrogen) atoms. The van der Waals surface area contributed by atoms with Gasteiger partial charge in [-0.3, -0.25) is 0 Å². The Morgan fingerprint density at radius 2 is 2.30 bits per heavy atom. The molecule has 0 spiro atoms.